The Morgan fingerprint density at radius 3 is 2.08 bits per heavy atom. The monoisotopic (exact) mass is 168 g/mol. The van der Waals surface area contributed by atoms with Gasteiger partial charge >= 0.3 is 0 Å². The summed E-state index contributed by atoms with van der Waals surface area (Å²) in [6.07, 6.45) is 7.14. The molecule has 1 aliphatic carbocycles. The van der Waals surface area contributed by atoms with Gasteiger partial charge in [-0.25, -0.2) is 0 Å². The lowest BCUT2D eigenvalue weighted by atomic mass is 10.0. The van der Waals surface area contributed by atoms with Gasteiger partial charge in [-0.1, -0.05) is 53.4 Å². The summed E-state index contributed by atoms with van der Waals surface area (Å²) in [5.41, 5.74) is 0.683. The minimum absolute atomic E-state index is 0.683. The molecular weight excluding hydrogens is 144 g/mol. The molecule has 0 amide bonds. The van der Waals surface area contributed by atoms with Gasteiger partial charge in [-0.3, -0.25) is 0 Å². The molecule has 0 aromatic heterocycles. The van der Waals surface area contributed by atoms with Crippen LogP contribution in [-0.4, -0.2) is 0 Å². The fourth-order valence-electron chi connectivity index (χ4n) is 2.86. The highest BCUT2D eigenvalue weighted by Gasteiger charge is 2.54. The number of hydrogen-bond acceptors (Lipinski definition) is 0. The largest absolute Gasteiger partial charge is 0.0654 e. The minimum atomic E-state index is 0.683. The molecule has 1 fully saturated rings. The summed E-state index contributed by atoms with van der Waals surface area (Å²) in [7, 11) is 0. The third-order valence-corrected chi connectivity index (χ3v) is 3.85. The van der Waals surface area contributed by atoms with Crippen LogP contribution in [0.5, 0.6) is 0 Å². The third-order valence-electron chi connectivity index (χ3n) is 3.85. The van der Waals surface area contributed by atoms with Crippen molar-refractivity contribution in [1.29, 1.82) is 0 Å². The maximum atomic E-state index is 2.44. The molecule has 0 aromatic carbocycles. The van der Waals surface area contributed by atoms with Gasteiger partial charge in [0.25, 0.3) is 0 Å². The van der Waals surface area contributed by atoms with Crippen LogP contribution in [0.2, 0.25) is 0 Å². The molecule has 0 aliphatic heterocycles. The number of unbranched alkanes of at least 4 members (excludes halogenated alkanes) is 2. The Balaban J connectivity index is 2.18. The van der Waals surface area contributed by atoms with E-state index in [0.717, 1.165) is 11.8 Å². The highest BCUT2D eigenvalue weighted by molar-refractivity contribution is 5.03. The van der Waals surface area contributed by atoms with E-state index in [1.807, 2.05) is 0 Å². The molecule has 72 valence electrons. The van der Waals surface area contributed by atoms with Crippen LogP contribution in [0.4, 0.5) is 0 Å². The molecule has 0 heteroatoms. The molecule has 0 aromatic rings. The zero-order valence-electron chi connectivity index (χ0n) is 9.19. The van der Waals surface area contributed by atoms with Crippen molar-refractivity contribution in [3.8, 4) is 0 Å². The van der Waals surface area contributed by atoms with Crippen molar-refractivity contribution in [1.82, 2.24) is 0 Å². The van der Waals surface area contributed by atoms with E-state index in [0.29, 0.717) is 5.41 Å². The molecule has 0 bridgehead atoms. The second-order valence-corrected chi connectivity index (χ2v) is 4.94. The van der Waals surface area contributed by atoms with Gasteiger partial charge in [0, 0.05) is 0 Å². The first-order valence-electron chi connectivity index (χ1n) is 5.64. The second-order valence-electron chi connectivity index (χ2n) is 4.94. The Morgan fingerprint density at radius 1 is 1.00 bits per heavy atom. The van der Waals surface area contributed by atoms with Gasteiger partial charge < -0.3 is 0 Å². The zero-order valence-corrected chi connectivity index (χ0v) is 9.19. The Kier molecular flexibility index (Phi) is 3.20. The molecule has 1 rings (SSSR count). The van der Waals surface area contributed by atoms with Crippen LogP contribution in [0, 0.1) is 17.3 Å². The van der Waals surface area contributed by atoms with E-state index in [9.17, 15) is 0 Å². The van der Waals surface area contributed by atoms with Gasteiger partial charge in [0.05, 0.1) is 0 Å². The smallest absolute Gasteiger partial charge is 0.0292 e. The molecule has 0 saturated heterocycles. The van der Waals surface area contributed by atoms with E-state index in [-0.39, 0.29) is 0 Å². The maximum Gasteiger partial charge on any atom is -0.0292 e. The van der Waals surface area contributed by atoms with Crippen molar-refractivity contribution < 1.29 is 0 Å². The van der Waals surface area contributed by atoms with Gasteiger partial charge in [0.1, 0.15) is 0 Å². The fraction of sp³-hybridized carbons (Fsp3) is 1.00. The van der Waals surface area contributed by atoms with Gasteiger partial charge in [0.2, 0.25) is 0 Å². The fourth-order valence-corrected chi connectivity index (χ4v) is 2.86. The van der Waals surface area contributed by atoms with Gasteiger partial charge in [-0.05, 0) is 23.7 Å². The summed E-state index contributed by atoms with van der Waals surface area (Å²) >= 11 is 0. The zero-order chi connectivity index (χ0) is 9.19. The third kappa shape index (κ3) is 1.84. The summed E-state index contributed by atoms with van der Waals surface area (Å²) in [6.45, 7) is 9.51. The van der Waals surface area contributed by atoms with Crippen molar-refractivity contribution in [2.24, 2.45) is 17.3 Å². The predicted molar refractivity (Wildman–Crippen MR) is 55.2 cm³/mol. The summed E-state index contributed by atoms with van der Waals surface area (Å²) in [5, 5.41) is 0. The Bertz CT molecular complexity index is 135. The normalized spacial score (nSPS) is 32.0. The molecule has 1 saturated carbocycles. The summed E-state index contributed by atoms with van der Waals surface area (Å²) in [5.74, 6) is 2.09. The first-order chi connectivity index (χ1) is 5.64. The highest BCUT2D eigenvalue weighted by Crippen LogP contribution is 2.61. The average molecular weight is 168 g/mol. The Labute approximate surface area is 77.7 Å². The molecule has 0 spiro atoms. The number of rotatable bonds is 5. The number of hydrogen-bond donors (Lipinski definition) is 0. The van der Waals surface area contributed by atoms with Crippen LogP contribution in [0.25, 0.3) is 0 Å². The summed E-state index contributed by atoms with van der Waals surface area (Å²) in [4.78, 5) is 0. The van der Waals surface area contributed by atoms with Crippen LogP contribution in [0.15, 0.2) is 0 Å². The van der Waals surface area contributed by atoms with Crippen molar-refractivity contribution in [2.45, 2.75) is 59.8 Å². The lowest BCUT2D eigenvalue weighted by Gasteiger charge is -2.01. The van der Waals surface area contributed by atoms with E-state index in [2.05, 4.69) is 27.7 Å². The molecule has 12 heavy (non-hydrogen) atoms. The van der Waals surface area contributed by atoms with Gasteiger partial charge in [0.15, 0.2) is 0 Å². The molecule has 0 heterocycles. The summed E-state index contributed by atoms with van der Waals surface area (Å²) in [6, 6.07) is 0. The Morgan fingerprint density at radius 2 is 1.67 bits per heavy atom. The lowest BCUT2D eigenvalue weighted by molar-refractivity contribution is 0.503. The molecule has 0 radical (unpaired) electrons. The molecule has 2 atom stereocenters. The van der Waals surface area contributed by atoms with Crippen molar-refractivity contribution in [3.63, 3.8) is 0 Å². The van der Waals surface area contributed by atoms with Crippen molar-refractivity contribution in [3.05, 3.63) is 0 Å². The van der Waals surface area contributed by atoms with Crippen LogP contribution in [-0.2, 0) is 0 Å². The Hall–Kier alpha value is 0. The first-order valence-corrected chi connectivity index (χ1v) is 5.64. The van der Waals surface area contributed by atoms with Crippen LogP contribution >= 0.6 is 0 Å². The van der Waals surface area contributed by atoms with Crippen LogP contribution in [0.1, 0.15) is 59.8 Å². The molecule has 1 aliphatic rings. The summed E-state index contributed by atoms with van der Waals surface area (Å²) < 4.78 is 0. The minimum Gasteiger partial charge on any atom is -0.0654 e. The average Bonchev–Trinajstić information content (AvgIpc) is 2.54. The molecular formula is C12H24. The van der Waals surface area contributed by atoms with E-state index in [4.69, 9.17) is 0 Å². The molecule has 0 N–H and O–H groups in total. The molecule has 0 nitrogen and oxygen atoms in total. The van der Waals surface area contributed by atoms with E-state index in [1.165, 1.54) is 32.1 Å². The standard InChI is InChI=1S/C12H24/c1-5-7-8-9-11-10(6-2)12(11,3)4/h10-11H,5-9H2,1-4H3. The second kappa shape index (κ2) is 3.81. The SMILES string of the molecule is CCCCCC1C(CC)C1(C)C. The lowest BCUT2D eigenvalue weighted by Crippen LogP contribution is -1.90. The van der Waals surface area contributed by atoms with E-state index >= 15 is 0 Å². The topological polar surface area (TPSA) is 0 Å². The first kappa shape index (κ1) is 10.1. The van der Waals surface area contributed by atoms with Crippen LogP contribution in [0.3, 0.4) is 0 Å². The predicted octanol–water partition coefficient (Wildman–Crippen LogP) is 4.25. The quantitative estimate of drug-likeness (QED) is 0.538. The van der Waals surface area contributed by atoms with Crippen LogP contribution < -0.4 is 0 Å². The van der Waals surface area contributed by atoms with Crippen molar-refractivity contribution >= 4 is 0 Å². The van der Waals surface area contributed by atoms with Gasteiger partial charge in [-0.2, -0.15) is 0 Å². The van der Waals surface area contributed by atoms with Gasteiger partial charge in [-0.15, -0.1) is 0 Å². The maximum absolute atomic E-state index is 2.44. The molecule has 2 unspecified atom stereocenters. The van der Waals surface area contributed by atoms with E-state index in [1.54, 1.807) is 0 Å². The van der Waals surface area contributed by atoms with Crippen molar-refractivity contribution in [2.75, 3.05) is 0 Å². The highest BCUT2D eigenvalue weighted by atomic mass is 14.6. The van der Waals surface area contributed by atoms with E-state index < -0.39 is 0 Å².